The first kappa shape index (κ1) is 16.2. The smallest absolute Gasteiger partial charge is 0.240 e. The number of rotatable bonds is 0. The van der Waals surface area contributed by atoms with Crippen LogP contribution in [-0.2, 0) is 19.2 Å². The molecule has 4 amide bonds. The molecule has 0 aromatic carbocycles. The summed E-state index contributed by atoms with van der Waals surface area (Å²) in [4.78, 5) is 41.1. The van der Waals surface area contributed by atoms with E-state index in [1.807, 2.05) is 13.8 Å². The summed E-state index contributed by atoms with van der Waals surface area (Å²) in [6.45, 7) is 5.02. The molecule has 2 aliphatic heterocycles. The minimum atomic E-state index is -0.249. The molecule has 0 aliphatic carbocycles. The Morgan fingerprint density at radius 1 is 0.611 bits per heavy atom. The Hall–Kier alpha value is -1.80. The maximum atomic E-state index is 10.3. The molecule has 0 bridgehead atoms. The highest BCUT2D eigenvalue weighted by atomic mass is 16.2. The van der Waals surface area contributed by atoms with Gasteiger partial charge in [0.1, 0.15) is 0 Å². The zero-order valence-electron chi connectivity index (χ0n) is 10.5. The maximum absolute atomic E-state index is 10.3. The van der Waals surface area contributed by atoms with Crippen LogP contribution < -0.4 is 21.3 Å². The maximum Gasteiger partial charge on any atom is 0.240 e. The zero-order chi connectivity index (χ0) is 14.0. The van der Waals surface area contributed by atoms with Gasteiger partial charge in [0.15, 0.2) is 0 Å². The number of piperazine rings is 2. The molecule has 2 heterocycles. The monoisotopic (exact) mass is 258 g/mol. The summed E-state index contributed by atoms with van der Waals surface area (Å²) in [5, 5.41) is 9.52. The molecule has 8 nitrogen and oxygen atoms in total. The molecular weight excluding hydrogens is 240 g/mol. The molecular formula is C10H18N4O4. The van der Waals surface area contributed by atoms with Crippen molar-refractivity contribution in [1.29, 1.82) is 0 Å². The van der Waals surface area contributed by atoms with E-state index >= 15 is 0 Å². The third-order valence-electron chi connectivity index (χ3n) is 1.70. The molecule has 0 spiro atoms. The van der Waals surface area contributed by atoms with Crippen molar-refractivity contribution in [2.24, 2.45) is 0 Å². The molecule has 0 saturated carbocycles. The summed E-state index contributed by atoms with van der Waals surface area (Å²) in [5.74, 6) is -0.995. The molecule has 0 aromatic heterocycles. The van der Waals surface area contributed by atoms with E-state index in [2.05, 4.69) is 21.3 Å². The largest absolute Gasteiger partial charge is 0.300 e. The topological polar surface area (TPSA) is 116 Å². The first-order valence-electron chi connectivity index (χ1n) is 5.64. The molecule has 18 heavy (non-hydrogen) atoms. The van der Waals surface area contributed by atoms with Crippen molar-refractivity contribution in [3.8, 4) is 0 Å². The van der Waals surface area contributed by atoms with E-state index in [-0.39, 0.29) is 49.8 Å². The summed E-state index contributed by atoms with van der Waals surface area (Å²) >= 11 is 0. The summed E-state index contributed by atoms with van der Waals surface area (Å²) in [6.07, 6.45) is 0. The average molecular weight is 258 g/mol. The van der Waals surface area contributed by atoms with Gasteiger partial charge < -0.3 is 0 Å². The lowest BCUT2D eigenvalue weighted by atomic mass is 10.4. The highest BCUT2D eigenvalue weighted by Gasteiger charge is 2.12. The van der Waals surface area contributed by atoms with E-state index in [4.69, 9.17) is 0 Å². The molecule has 2 aliphatic rings. The van der Waals surface area contributed by atoms with Gasteiger partial charge in [0, 0.05) is 0 Å². The normalized spacial score (nSPS) is 18.6. The van der Waals surface area contributed by atoms with Crippen LogP contribution in [0.3, 0.4) is 0 Å². The highest BCUT2D eigenvalue weighted by Crippen LogP contribution is 1.73. The lowest BCUT2D eigenvalue weighted by Crippen LogP contribution is -2.48. The number of nitrogens with one attached hydrogen (secondary N) is 4. The number of amides is 4. The Bertz CT molecular complexity index is 270. The van der Waals surface area contributed by atoms with Gasteiger partial charge in [0.2, 0.25) is 23.6 Å². The molecule has 2 rings (SSSR count). The van der Waals surface area contributed by atoms with E-state index in [0.29, 0.717) is 0 Å². The third-order valence-corrected chi connectivity index (χ3v) is 1.70. The van der Waals surface area contributed by atoms with Crippen LogP contribution in [0.1, 0.15) is 13.8 Å². The molecule has 8 heteroatoms. The van der Waals surface area contributed by atoms with Gasteiger partial charge in [0.25, 0.3) is 0 Å². The Kier molecular flexibility index (Phi) is 8.33. The second kappa shape index (κ2) is 9.25. The van der Waals surface area contributed by atoms with Crippen LogP contribution in [-0.4, -0.2) is 49.8 Å². The van der Waals surface area contributed by atoms with Crippen LogP contribution >= 0.6 is 0 Å². The Labute approximate surface area is 105 Å². The van der Waals surface area contributed by atoms with E-state index < -0.39 is 0 Å². The molecule has 0 atom stereocenters. The number of carbonyl (C=O) groups is 4. The second-order valence-electron chi connectivity index (χ2n) is 3.15. The van der Waals surface area contributed by atoms with Gasteiger partial charge >= 0.3 is 0 Å². The molecule has 2 fully saturated rings. The standard InChI is InChI=1S/2C4H6N2O2.C2H6/c2*7-3-1-5-2-4(8)6-3;1-2/h2*5H,1-2H2,(H,6,7,8);1-2H3. The van der Waals surface area contributed by atoms with Crippen molar-refractivity contribution in [1.82, 2.24) is 21.3 Å². The Balaban J connectivity index is 0.000000283. The summed E-state index contributed by atoms with van der Waals surface area (Å²) in [7, 11) is 0. The van der Waals surface area contributed by atoms with Crippen molar-refractivity contribution >= 4 is 23.6 Å². The zero-order valence-corrected chi connectivity index (χ0v) is 10.5. The predicted octanol–water partition coefficient (Wildman–Crippen LogP) is -2.51. The van der Waals surface area contributed by atoms with E-state index in [1.165, 1.54) is 0 Å². The van der Waals surface area contributed by atoms with Crippen LogP contribution in [0.4, 0.5) is 0 Å². The minimum absolute atomic E-state index is 0.249. The van der Waals surface area contributed by atoms with E-state index in [0.717, 1.165) is 0 Å². The second-order valence-corrected chi connectivity index (χ2v) is 3.15. The minimum Gasteiger partial charge on any atom is -0.300 e. The van der Waals surface area contributed by atoms with Gasteiger partial charge in [-0.25, -0.2) is 0 Å². The number of imide groups is 2. The predicted molar refractivity (Wildman–Crippen MR) is 63.4 cm³/mol. The SMILES string of the molecule is CC.O=C1CNCC(=O)N1.O=C1CNCC(=O)N1. The summed E-state index contributed by atoms with van der Waals surface area (Å²) in [5.41, 5.74) is 0. The molecule has 0 unspecified atom stereocenters. The van der Waals surface area contributed by atoms with Crippen molar-refractivity contribution in [2.75, 3.05) is 26.2 Å². The highest BCUT2D eigenvalue weighted by molar-refractivity contribution is 5.99. The lowest BCUT2D eigenvalue weighted by molar-refractivity contribution is -0.133. The van der Waals surface area contributed by atoms with Gasteiger partial charge in [-0.3, -0.25) is 40.4 Å². The van der Waals surface area contributed by atoms with Crippen molar-refractivity contribution in [3.63, 3.8) is 0 Å². The number of carbonyl (C=O) groups excluding carboxylic acids is 4. The van der Waals surface area contributed by atoms with Crippen LogP contribution in [0.15, 0.2) is 0 Å². The fourth-order valence-electron chi connectivity index (χ4n) is 1.07. The summed E-state index contributed by atoms with van der Waals surface area (Å²) < 4.78 is 0. The van der Waals surface area contributed by atoms with E-state index in [9.17, 15) is 19.2 Å². The summed E-state index contributed by atoms with van der Waals surface area (Å²) in [6, 6.07) is 0. The fourth-order valence-corrected chi connectivity index (χ4v) is 1.07. The van der Waals surface area contributed by atoms with Gasteiger partial charge in [-0.2, -0.15) is 0 Å². The van der Waals surface area contributed by atoms with Crippen LogP contribution in [0, 0.1) is 0 Å². The third kappa shape index (κ3) is 7.47. The lowest BCUT2D eigenvalue weighted by Gasteiger charge is -2.09. The fraction of sp³-hybridized carbons (Fsp3) is 0.600. The Morgan fingerprint density at radius 2 is 0.833 bits per heavy atom. The van der Waals surface area contributed by atoms with Gasteiger partial charge in [-0.1, -0.05) is 13.8 Å². The van der Waals surface area contributed by atoms with Crippen LogP contribution in [0.2, 0.25) is 0 Å². The Morgan fingerprint density at radius 3 is 0.944 bits per heavy atom. The van der Waals surface area contributed by atoms with Gasteiger partial charge in [-0.15, -0.1) is 0 Å². The van der Waals surface area contributed by atoms with Gasteiger partial charge in [0.05, 0.1) is 26.2 Å². The van der Waals surface area contributed by atoms with Crippen LogP contribution in [0.25, 0.3) is 0 Å². The van der Waals surface area contributed by atoms with Crippen molar-refractivity contribution in [3.05, 3.63) is 0 Å². The van der Waals surface area contributed by atoms with Crippen LogP contribution in [0.5, 0.6) is 0 Å². The molecule has 0 radical (unpaired) electrons. The molecule has 2 saturated heterocycles. The molecule has 102 valence electrons. The number of hydrogen-bond donors (Lipinski definition) is 4. The number of hydrogen-bond acceptors (Lipinski definition) is 6. The van der Waals surface area contributed by atoms with E-state index in [1.54, 1.807) is 0 Å². The van der Waals surface area contributed by atoms with Gasteiger partial charge in [-0.05, 0) is 0 Å². The van der Waals surface area contributed by atoms with Crippen molar-refractivity contribution < 1.29 is 19.2 Å². The molecule has 4 N–H and O–H groups in total. The quantitative estimate of drug-likeness (QED) is 0.357. The van der Waals surface area contributed by atoms with Crippen molar-refractivity contribution in [2.45, 2.75) is 13.8 Å². The first-order chi connectivity index (χ1) is 8.58. The average Bonchev–Trinajstić information content (AvgIpc) is 2.31. The molecule has 0 aromatic rings. The first-order valence-corrected chi connectivity index (χ1v) is 5.64.